The molecule has 0 bridgehead atoms. The van der Waals surface area contributed by atoms with Crippen LogP contribution in [-0.4, -0.2) is 35.1 Å². The summed E-state index contributed by atoms with van der Waals surface area (Å²) in [6, 6.07) is 6.09. The number of aliphatic hydroxyl groups excluding tert-OH is 1. The largest absolute Gasteiger partial charge is 0.394 e. The summed E-state index contributed by atoms with van der Waals surface area (Å²) in [6.07, 6.45) is 4.43. The first-order chi connectivity index (χ1) is 9.20. The predicted molar refractivity (Wildman–Crippen MR) is 74.2 cm³/mol. The predicted octanol–water partition coefficient (Wildman–Crippen LogP) is 2.02. The first-order valence-corrected chi connectivity index (χ1v) is 7.24. The van der Waals surface area contributed by atoms with Crippen molar-refractivity contribution in [1.29, 1.82) is 0 Å². The second-order valence-corrected chi connectivity index (χ2v) is 5.85. The SMILES string of the molecule is CC1CCN(C(=O)c2ccc3c(c2)CCC3)C1CO. The molecule has 2 aliphatic rings. The Labute approximate surface area is 114 Å². The van der Waals surface area contributed by atoms with Gasteiger partial charge in [-0.1, -0.05) is 13.0 Å². The monoisotopic (exact) mass is 259 g/mol. The normalized spacial score (nSPS) is 25.7. The van der Waals surface area contributed by atoms with E-state index in [-0.39, 0.29) is 18.6 Å². The number of aliphatic hydroxyl groups is 1. The average Bonchev–Trinajstić information content (AvgIpc) is 3.02. The van der Waals surface area contributed by atoms with Crippen LogP contribution in [-0.2, 0) is 12.8 Å². The van der Waals surface area contributed by atoms with Gasteiger partial charge in [0.15, 0.2) is 0 Å². The molecule has 102 valence electrons. The molecule has 3 heteroatoms. The molecule has 0 saturated carbocycles. The quantitative estimate of drug-likeness (QED) is 0.882. The summed E-state index contributed by atoms with van der Waals surface area (Å²) in [6.45, 7) is 2.94. The van der Waals surface area contributed by atoms with E-state index in [0.29, 0.717) is 5.92 Å². The average molecular weight is 259 g/mol. The Hall–Kier alpha value is -1.35. The third kappa shape index (κ3) is 2.16. The van der Waals surface area contributed by atoms with Crippen LogP contribution >= 0.6 is 0 Å². The van der Waals surface area contributed by atoms with Crippen LogP contribution in [0.1, 0.15) is 41.3 Å². The highest BCUT2D eigenvalue weighted by atomic mass is 16.3. The van der Waals surface area contributed by atoms with E-state index < -0.39 is 0 Å². The highest BCUT2D eigenvalue weighted by molar-refractivity contribution is 5.95. The maximum Gasteiger partial charge on any atom is 0.254 e. The van der Waals surface area contributed by atoms with Crippen molar-refractivity contribution in [2.45, 2.75) is 38.6 Å². The van der Waals surface area contributed by atoms with Gasteiger partial charge in [0.05, 0.1) is 12.6 Å². The molecular formula is C16H21NO2. The molecule has 0 radical (unpaired) electrons. The summed E-state index contributed by atoms with van der Waals surface area (Å²) in [5, 5.41) is 9.46. The summed E-state index contributed by atoms with van der Waals surface area (Å²) in [4.78, 5) is 14.4. The smallest absolute Gasteiger partial charge is 0.254 e. The highest BCUT2D eigenvalue weighted by Crippen LogP contribution is 2.27. The molecule has 19 heavy (non-hydrogen) atoms. The third-order valence-electron chi connectivity index (χ3n) is 4.68. The second-order valence-electron chi connectivity index (χ2n) is 5.85. The molecular weight excluding hydrogens is 238 g/mol. The van der Waals surface area contributed by atoms with Crippen molar-refractivity contribution in [2.75, 3.05) is 13.2 Å². The van der Waals surface area contributed by atoms with Gasteiger partial charge in [-0.3, -0.25) is 4.79 Å². The molecule has 2 unspecified atom stereocenters. The van der Waals surface area contributed by atoms with Crippen LogP contribution in [0, 0.1) is 5.92 Å². The number of hydrogen-bond donors (Lipinski definition) is 1. The summed E-state index contributed by atoms with van der Waals surface area (Å²) in [5.74, 6) is 0.474. The topological polar surface area (TPSA) is 40.5 Å². The van der Waals surface area contributed by atoms with Gasteiger partial charge in [0.25, 0.3) is 5.91 Å². The van der Waals surface area contributed by atoms with Crippen LogP contribution in [0.25, 0.3) is 0 Å². The highest BCUT2D eigenvalue weighted by Gasteiger charge is 2.34. The van der Waals surface area contributed by atoms with Crippen LogP contribution in [0.2, 0.25) is 0 Å². The van der Waals surface area contributed by atoms with Crippen molar-refractivity contribution in [1.82, 2.24) is 4.90 Å². The number of aryl methyl sites for hydroxylation is 2. The van der Waals surface area contributed by atoms with Crippen LogP contribution < -0.4 is 0 Å². The van der Waals surface area contributed by atoms with Gasteiger partial charge in [-0.25, -0.2) is 0 Å². The molecule has 3 rings (SSSR count). The van der Waals surface area contributed by atoms with E-state index in [1.165, 1.54) is 17.5 Å². The van der Waals surface area contributed by atoms with Crippen LogP contribution in [0.15, 0.2) is 18.2 Å². The van der Waals surface area contributed by atoms with Gasteiger partial charge in [0.2, 0.25) is 0 Å². The summed E-state index contributed by atoms with van der Waals surface area (Å²) < 4.78 is 0. The van der Waals surface area contributed by atoms with Crippen LogP contribution in [0.5, 0.6) is 0 Å². The maximum absolute atomic E-state index is 12.6. The van der Waals surface area contributed by atoms with E-state index in [9.17, 15) is 9.90 Å². The molecule has 1 N–H and O–H groups in total. The molecule has 3 nitrogen and oxygen atoms in total. The van der Waals surface area contributed by atoms with Gasteiger partial charge < -0.3 is 10.0 Å². The lowest BCUT2D eigenvalue weighted by Gasteiger charge is -2.25. The molecule has 0 aromatic heterocycles. The van der Waals surface area contributed by atoms with Gasteiger partial charge in [-0.2, -0.15) is 0 Å². The van der Waals surface area contributed by atoms with Crippen molar-refractivity contribution in [3.8, 4) is 0 Å². The van der Waals surface area contributed by atoms with Crippen molar-refractivity contribution >= 4 is 5.91 Å². The van der Waals surface area contributed by atoms with E-state index in [1.54, 1.807) is 0 Å². The number of hydrogen-bond acceptors (Lipinski definition) is 2. The first-order valence-electron chi connectivity index (χ1n) is 7.24. The van der Waals surface area contributed by atoms with Gasteiger partial charge >= 0.3 is 0 Å². The molecule has 1 aliphatic carbocycles. The van der Waals surface area contributed by atoms with E-state index in [1.807, 2.05) is 11.0 Å². The molecule has 0 spiro atoms. The number of carbonyl (C=O) groups is 1. The summed E-state index contributed by atoms with van der Waals surface area (Å²) in [5.41, 5.74) is 3.51. The number of rotatable bonds is 2. The Morgan fingerprint density at radius 2 is 2.16 bits per heavy atom. The molecule has 1 aliphatic heterocycles. The fourth-order valence-electron chi connectivity index (χ4n) is 3.41. The number of carbonyl (C=O) groups excluding carboxylic acids is 1. The van der Waals surface area contributed by atoms with E-state index >= 15 is 0 Å². The molecule has 1 saturated heterocycles. The lowest BCUT2D eigenvalue weighted by molar-refractivity contribution is 0.0648. The van der Waals surface area contributed by atoms with Gasteiger partial charge in [-0.15, -0.1) is 0 Å². The van der Waals surface area contributed by atoms with E-state index in [4.69, 9.17) is 0 Å². The standard InChI is InChI=1S/C16H21NO2/c1-11-7-8-17(15(11)10-18)16(19)14-6-5-12-3-2-4-13(12)9-14/h5-6,9,11,15,18H,2-4,7-8,10H2,1H3. The number of likely N-dealkylation sites (tertiary alicyclic amines) is 1. The molecule has 1 aromatic rings. The molecule has 2 atom stereocenters. The van der Waals surface area contributed by atoms with Crippen LogP contribution in [0.4, 0.5) is 0 Å². The zero-order chi connectivity index (χ0) is 13.4. The van der Waals surface area contributed by atoms with Gasteiger partial charge in [0.1, 0.15) is 0 Å². The lowest BCUT2D eigenvalue weighted by atomic mass is 10.0. The van der Waals surface area contributed by atoms with Crippen molar-refractivity contribution < 1.29 is 9.90 Å². The van der Waals surface area contributed by atoms with E-state index in [0.717, 1.165) is 31.4 Å². The second kappa shape index (κ2) is 4.97. The minimum absolute atomic E-state index is 0.0132. The molecule has 1 amide bonds. The van der Waals surface area contributed by atoms with Crippen molar-refractivity contribution in [2.24, 2.45) is 5.92 Å². The zero-order valence-corrected chi connectivity index (χ0v) is 11.4. The Morgan fingerprint density at radius 3 is 2.95 bits per heavy atom. The number of amides is 1. The molecule has 1 aromatic carbocycles. The molecule has 1 heterocycles. The van der Waals surface area contributed by atoms with Crippen molar-refractivity contribution in [3.63, 3.8) is 0 Å². The van der Waals surface area contributed by atoms with Crippen LogP contribution in [0.3, 0.4) is 0 Å². The van der Waals surface area contributed by atoms with Gasteiger partial charge in [0, 0.05) is 12.1 Å². The Kier molecular flexibility index (Phi) is 3.31. The minimum Gasteiger partial charge on any atom is -0.394 e. The zero-order valence-electron chi connectivity index (χ0n) is 11.4. The Bertz CT molecular complexity index is 498. The molecule has 1 fully saturated rings. The first kappa shape index (κ1) is 12.7. The van der Waals surface area contributed by atoms with Crippen molar-refractivity contribution in [3.05, 3.63) is 34.9 Å². The number of fused-ring (bicyclic) bond motifs is 1. The fraction of sp³-hybridized carbons (Fsp3) is 0.562. The third-order valence-corrected chi connectivity index (χ3v) is 4.68. The van der Waals surface area contributed by atoms with E-state index in [2.05, 4.69) is 19.1 Å². The number of nitrogens with zero attached hydrogens (tertiary/aromatic N) is 1. The Balaban J connectivity index is 1.84. The summed E-state index contributed by atoms with van der Waals surface area (Å²) >= 11 is 0. The minimum atomic E-state index is -0.0132. The lowest BCUT2D eigenvalue weighted by Crippen LogP contribution is -2.39. The maximum atomic E-state index is 12.6. The van der Waals surface area contributed by atoms with Gasteiger partial charge in [-0.05, 0) is 54.9 Å². The number of benzene rings is 1. The fourth-order valence-corrected chi connectivity index (χ4v) is 3.41. The summed E-state index contributed by atoms with van der Waals surface area (Å²) in [7, 11) is 0. The Morgan fingerprint density at radius 1 is 1.37 bits per heavy atom.